The molecule has 1 fully saturated rings. The van der Waals surface area contributed by atoms with Crippen molar-refractivity contribution in [3.8, 4) is 0 Å². The summed E-state index contributed by atoms with van der Waals surface area (Å²) in [5, 5.41) is 6.63. The van der Waals surface area contributed by atoms with Crippen molar-refractivity contribution < 1.29 is 17.2 Å². The van der Waals surface area contributed by atoms with Crippen LogP contribution in [0, 0.1) is 11.6 Å². The van der Waals surface area contributed by atoms with Crippen molar-refractivity contribution in [2.45, 2.75) is 25.2 Å². The molecular weight excluding hydrogens is 312 g/mol. The Balaban J connectivity index is 1.70. The third-order valence-corrected chi connectivity index (χ3v) is 4.87. The molecule has 22 heavy (non-hydrogen) atoms. The number of sulfonamides is 1. The maximum atomic E-state index is 13.5. The number of aromatic nitrogens is 2. The molecule has 0 atom stereocenters. The predicted molar refractivity (Wildman–Crippen MR) is 78.0 cm³/mol. The molecule has 0 radical (unpaired) electrons. The number of aromatic amines is 1. The van der Waals surface area contributed by atoms with E-state index in [-0.39, 0.29) is 12.0 Å². The lowest BCUT2D eigenvalue weighted by Crippen LogP contribution is -2.19. The second kappa shape index (κ2) is 5.68. The van der Waals surface area contributed by atoms with Gasteiger partial charge in [-0.15, -0.1) is 0 Å². The van der Waals surface area contributed by atoms with Gasteiger partial charge in [0, 0.05) is 11.5 Å². The van der Waals surface area contributed by atoms with Crippen LogP contribution in [0.5, 0.6) is 0 Å². The Kier molecular flexibility index (Phi) is 3.86. The van der Waals surface area contributed by atoms with Crippen LogP contribution in [0.1, 0.15) is 30.0 Å². The molecule has 0 amide bonds. The van der Waals surface area contributed by atoms with Gasteiger partial charge in [-0.25, -0.2) is 17.2 Å². The average Bonchev–Trinajstić information content (AvgIpc) is 3.19. The number of hydrogen-bond acceptors (Lipinski definition) is 3. The smallest absolute Gasteiger partial charge is 0.233 e. The number of rotatable bonds is 6. The van der Waals surface area contributed by atoms with E-state index in [0.29, 0.717) is 11.6 Å². The fourth-order valence-corrected chi connectivity index (χ4v) is 3.36. The van der Waals surface area contributed by atoms with Gasteiger partial charge in [0.25, 0.3) is 0 Å². The molecule has 5 nitrogen and oxygen atoms in total. The summed E-state index contributed by atoms with van der Waals surface area (Å²) in [6.07, 6.45) is 3.17. The Morgan fingerprint density at radius 1 is 1.27 bits per heavy atom. The monoisotopic (exact) mass is 327 g/mol. The molecule has 8 heteroatoms. The van der Waals surface area contributed by atoms with E-state index in [1.165, 1.54) is 12.3 Å². The van der Waals surface area contributed by atoms with Crippen LogP contribution in [0.15, 0.2) is 24.4 Å². The fourth-order valence-electron chi connectivity index (χ4n) is 2.29. The molecule has 0 saturated heterocycles. The fraction of sp³-hybridized carbons (Fsp3) is 0.357. The van der Waals surface area contributed by atoms with Gasteiger partial charge in [0.1, 0.15) is 11.6 Å². The molecule has 1 saturated carbocycles. The lowest BCUT2D eigenvalue weighted by molar-refractivity contribution is 0.557. The first-order chi connectivity index (χ1) is 10.5. The number of hydrogen-bond donors (Lipinski definition) is 2. The molecule has 1 aliphatic carbocycles. The van der Waals surface area contributed by atoms with Crippen molar-refractivity contribution in [2.75, 3.05) is 10.5 Å². The second-order valence-corrected chi connectivity index (χ2v) is 7.18. The number of halogens is 2. The standard InChI is InChI=1S/C14H15F2N3O2S/c15-11-2-1-3-12(16)10(11)6-7-22(20,21)19-13-8-17-18-14(13)9-4-5-9/h1-3,8-9,19H,4-7H2,(H,17,18). The van der Waals surface area contributed by atoms with Gasteiger partial charge in [0.05, 0.1) is 23.3 Å². The number of anilines is 1. The van der Waals surface area contributed by atoms with E-state index in [9.17, 15) is 17.2 Å². The van der Waals surface area contributed by atoms with Crippen molar-refractivity contribution in [3.05, 3.63) is 47.3 Å². The molecule has 1 aromatic carbocycles. The third kappa shape index (κ3) is 3.27. The molecule has 0 bridgehead atoms. The molecule has 118 valence electrons. The van der Waals surface area contributed by atoms with Gasteiger partial charge in [0.2, 0.25) is 10.0 Å². The second-order valence-electron chi connectivity index (χ2n) is 5.34. The molecule has 0 unspecified atom stereocenters. The van der Waals surface area contributed by atoms with Crippen LogP contribution in [0.2, 0.25) is 0 Å². The van der Waals surface area contributed by atoms with Gasteiger partial charge in [-0.05, 0) is 31.4 Å². The number of benzene rings is 1. The molecule has 2 N–H and O–H groups in total. The first-order valence-electron chi connectivity index (χ1n) is 6.93. The average molecular weight is 327 g/mol. The molecule has 0 spiro atoms. The Morgan fingerprint density at radius 2 is 1.95 bits per heavy atom. The molecule has 3 rings (SSSR count). The van der Waals surface area contributed by atoms with Gasteiger partial charge in [-0.1, -0.05) is 6.07 Å². The highest BCUT2D eigenvalue weighted by Crippen LogP contribution is 2.42. The maximum absolute atomic E-state index is 13.5. The van der Waals surface area contributed by atoms with E-state index in [1.807, 2.05) is 0 Å². The number of nitrogens with zero attached hydrogens (tertiary/aromatic N) is 1. The van der Waals surface area contributed by atoms with E-state index in [2.05, 4.69) is 14.9 Å². The van der Waals surface area contributed by atoms with Crippen LogP contribution in [-0.4, -0.2) is 24.4 Å². The van der Waals surface area contributed by atoms with Crippen LogP contribution in [0.25, 0.3) is 0 Å². The topological polar surface area (TPSA) is 74.8 Å². The zero-order valence-electron chi connectivity index (χ0n) is 11.6. The normalized spacial score (nSPS) is 15.0. The largest absolute Gasteiger partial charge is 0.280 e. The maximum Gasteiger partial charge on any atom is 0.233 e. The molecule has 0 aliphatic heterocycles. The number of H-pyrrole nitrogens is 1. The Labute approximate surface area is 126 Å². The van der Waals surface area contributed by atoms with Gasteiger partial charge in [-0.3, -0.25) is 9.82 Å². The SMILES string of the molecule is O=S(=O)(CCc1c(F)cccc1F)Nc1cn[nH]c1C1CC1. The van der Waals surface area contributed by atoms with Gasteiger partial charge in [0.15, 0.2) is 0 Å². The quantitative estimate of drug-likeness (QED) is 0.856. The molecule has 1 heterocycles. The highest BCUT2D eigenvalue weighted by atomic mass is 32.2. The molecule has 1 aromatic heterocycles. The van der Waals surface area contributed by atoms with E-state index in [1.54, 1.807) is 0 Å². The predicted octanol–water partition coefficient (Wildman–Crippen LogP) is 2.55. The van der Waals surface area contributed by atoms with Gasteiger partial charge < -0.3 is 0 Å². The van der Waals surface area contributed by atoms with Crippen LogP contribution >= 0.6 is 0 Å². The van der Waals surface area contributed by atoms with E-state index < -0.39 is 27.4 Å². The highest BCUT2D eigenvalue weighted by molar-refractivity contribution is 7.92. The Bertz CT molecular complexity index is 765. The minimum absolute atomic E-state index is 0.220. The van der Waals surface area contributed by atoms with Gasteiger partial charge in [-0.2, -0.15) is 5.10 Å². The summed E-state index contributed by atoms with van der Waals surface area (Å²) in [7, 11) is -3.71. The Hall–Kier alpha value is -1.96. The highest BCUT2D eigenvalue weighted by Gasteiger charge is 2.29. The van der Waals surface area contributed by atoms with E-state index in [0.717, 1.165) is 30.7 Å². The van der Waals surface area contributed by atoms with Crippen LogP contribution < -0.4 is 4.72 Å². The summed E-state index contributed by atoms with van der Waals surface area (Å²) >= 11 is 0. The summed E-state index contributed by atoms with van der Waals surface area (Å²) in [5.41, 5.74) is 0.958. The zero-order chi connectivity index (χ0) is 15.7. The van der Waals surface area contributed by atoms with Crippen molar-refractivity contribution in [1.82, 2.24) is 10.2 Å². The summed E-state index contributed by atoms with van der Waals surface area (Å²) in [4.78, 5) is 0. The van der Waals surface area contributed by atoms with Crippen molar-refractivity contribution in [2.24, 2.45) is 0 Å². The summed E-state index contributed by atoms with van der Waals surface area (Å²) in [6.45, 7) is 0. The van der Waals surface area contributed by atoms with E-state index in [4.69, 9.17) is 0 Å². The summed E-state index contributed by atoms with van der Waals surface area (Å²) in [6, 6.07) is 3.47. The van der Waals surface area contributed by atoms with E-state index >= 15 is 0 Å². The van der Waals surface area contributed by atoms with Gasteiger partial charge >= 0.3 is 0 Å². The van der Waals surface area contributed by atoms with Crippen molar-refractivity contribution >= 4 is 15.7 Å². The first kappa shape index (κ1) is 15.0. The lowest BCUT2D eigenvalue weighted by Gasteiger charge is -2.09. The summed E-state index contributed by atoms with van der Waals surface area (Å²) < 4.78 is 53.6. The molecule has 1 aliphatic rings. The minimum Gasteiger partial charge on any atom is -0.280 e. The summed E-state index contributed by atoms with van der Waals surface area (Å²) in [5.74, 6) is -1.57. The Morgan fingerprint density at radius 3 is 2.59 bits per heavy atom. The molecular formula is C14H15F2N3O2S. The van der Waals surface area contributed by atoms with Crippen molar-refractivity contribution in [1.29, 1.82) is 0 Å². The first-order valence-corrected chi connectivity index (χ1v) is 8.58. The lowest BCUT2D eigenvalue weighted by atomic mass is 10.1. The van der Waals surface area contributed by atoms with Crippen molar-refractivity contribution in [3.63, 3.8) is 0 Å². The van der Waals surface area contributed by atoms with Crippen LogP contribution in [-0.2, 0) is 16.4 Å². The van der Waals surface area contributed by atoms with Crippen LogP contribution in [0.4, 0.5) is 14.5 Å². The van der Waals surface area contributed by atoms with Crippen LogP contribution in [0.3, 0.4) is 0 Å². The number of nitrogens with one attached hydrogen (secondary N) is 2. The molecule has 2 aromatic rings. The third-order valence-electron chi connectivity index (χ3n) is 3.60. The minimum atomic E-state index is -3.71. The zero-order valence-corrected chi connectivity index (χ0v) is 12.5.